The van der Waals surface area contributed by atoms with Crippen LogP contribution >= 0.6 is 0 Å². The van der Waals surface area contributed by atoms with Crippen LogP contribution < -0.4 is 22.5 Å². The first-order valence-electron chi connectivity index (χ1n) is 2.70. The number of hydrogen-bond acceptors (Lipinski definition) is 5. The highest BCUT2D eigenvalue weighted by atomic mass is 16.1. The highest BCUT2D eigenvalue weighted by Crippen LogP contribution is 1.77. The minimum absolute atomic E-state index is 0.383. The summed E-state index contributed by atoms with van der Waals surface area (Å²) < 4.78 is 0. The Labute approximate surface area is 53.7 Å². The van der Waals surface area contributed by atoms with E-state index in [2.05, 4.69) is 11.0 Å². The third kappa shape index (κ3) is 5.38. The number of hydrogen-bond donors (Lipinski definition) is 4. The van der Waals surface area contributed by atoms with Crippen molar-refractivity contribution in [2.75, 3.05) is 6.54 Å². The average Bonchev–Trinajstić information content (AvgIpc) is 1.89. The molecule has 0 aromatic carbocycles. The number of nitrogens with one attached hydrogen (secondary N) is 2. The molecule has 0 fully saturated rings. The quantitative estimate of drug-likeness (QED) is 0.148. The van der Waals surface area contributed by atoms with Crippen LogP contribution in [0.2, 0.25) is 0 Å². The lowest BCUT2D eigenvalue weighted by Gasteiger charge is -2.02. The van der Waals surface area contributed by atoms with Gasteiger partial charge in [0.05, 0.1) is 6.04 Å². The fourth-order valence-corrected chi connectivity index (χ4v) is 0.379. The van der Waals surface area contributed by atoms with Gasteiger partial charge < -0.3 is 10.5 Å². The summed E-state index contributed by atoms with van der Waals surface area (Å²) in [6.07, 6.45) is 1.30. The summed E-state index contributed by atoms with van der Waals surface area (Å²) in [6, 6.07) is -0.383. The summed E-state index contributed by atoms with van der Waals surface area (Å²) in [5, 5.41) is 0. The van der Waals surface area contributed by atoms with Crippen molar-refractivity contribution in [3.8, 4) is 0 Å². The van der Waals surface area contributed by atoms with Crippen LogP contribution in [0, 0.1) is 0 Å². The molecule has 5 heteroatoms. The molecule has 0 spiro atoms. The van der Waals surface area contributed by atoms with Crippen molar-refractivity contribution < 1.29 is 4.79 Å². The van der Waals surface area contributed by atoms with Gasteiger partial charge in [0.1, 0.15) is 6.29 Å². The second-order valence-electron chi connectivity index (χ2n) is 1.66. The number of nitrogens with two attached hydrogens (primary N) is 2. The zero-order valence-corrected chi connectivity index (χ0v) is 5.13. The van der Waals surface area contributed by atoms with Gasteiger partial charge in [0.2, 0.25) is 0 Å². The van der Waals surface area contributed by atoms with E-state index in [1.165, 1.54) is 0 Å². The van der Waals surface area contributed by atoms with Gasteiger partial charge in [-0.05, 0) is 6.42 Å². The summed E-state index contributed by atoms with van der Waals surface area (Å²) >= 11 is 0. The van der Waals surface area contributed by atoms with E-state index in [4.69, 9.17) is 11.6 Å². The van der Waals surface area contributed by atoms with Gasteiger partial charge in [-0.25, -0.2) is 5.43 Å². The number of aldehydes is 1. The van der Waals surface area contributed by atoms with Crippen LogP contribution in [0.5, 0.6) is 0 Å². The minimum Gasteiger partial charge on any atom is -0.322 e. The van der Waals surface area contributed by atoms with Gasteiger partial charge in [0.15, 0.2) is 0 Å². The SMILES string of the molecule is NNNCCC(N)C=O. The number of carbonyl (C=O) groups is 1. The Morgan fingerprint density at radius 3 is 2.78 bits per heavy atom. The molecule has 0 aromatic rings. The lowest BCUT2D eigenvalue weighted by molar-refractivity contribution is -0.109. The fourth-order valence-electron chi connectivity index (χ4n) is 0.379. The maximum Gasteiger partial charge on any atom is 0.136 e. The zero-order valence-electron chi connectivity index (χ0n) is 5.13. The highest BCUT2D eigenvalue weighted by Gasteiger charge is 1.96. The Morgan fingerprint density at radius 2 is 2.33 bits per heavy atom. The molecule has 0 amide bonds. The Morgan fingerprint density at radius 1 is 1.67 bits per heavy atom. The number of rotatable bonds is 5. The Hall–Kier alpha value is -0.490. The molecule has 5 nitrogen and oxygen atoms in total. The van der Waals surface area contributed by atoms with E-state index < -0.39 is 0 Å². The van der Waals surface area contributed by atoms with Crippen molar-refractivity contribution in [3.05, 3.63) is 0 Å². The molecule has 0 aliphatic carbocycles. The van der Waals surface area contributed by atoms with E-state index >= 15 is 0 Å². The molecule has 6 N–H and O–H groups in total. The Kier molecular flexibility index (Phi) is 5.34. The lowest BCUT2D eigenvalue weighted by Crippen LogP contribution is -2.40. The average molecular weight is 132 g/mol. The first-order chi connectivity index (χ1) is 4.31. The predicted octanol–water partition coefficient (Wildman–Crippen LogP) is -2.13. The van der Waals surface area contributed by atoms with Crippen molar-refractivity contribution in [3.63, 3.8) is 0 Å². The summed E-state index contributed by atoms with van der Waals surface area (Å²) in [6.45, 7) is 0.594. The normalized spacial score (nSPS) is 13.1. The summed E-state index contributed by atoms with van der Waals surface area (Å²) in [5.74, 6) is 4.87. The monoisotopic (exact) mass is 132 g/mol. The summed E-state index contributed by atoms with van der Waals surface area (Å²) in [4.78, 5) is 9.89. The van der Waals surface area contributed by atoms with Gasteiger partial charge in [-0.3, -0.25) is 5.84 Å². The molecule has 0 rings (SSSR count). The van der Waals surface area contributed by atoms with Gasteiger partial charge in [-0.1, -0.05) is 0 Å². The molecule has 0 radical (unpaired) electrons. The van der Waals surface area contributed by atoms with E-state index in [1.807, 2.05) is 0 Å². The Bertz CT molecular complexity index is 77.0. The second-order valence-corrected chi connectivity index (χ2v) is 1.66. The second kappa shape index (κ2) is 5.64. The van der Waals surface area contributed by atoms with Crippen molar-refractivity contribution >= 4 is 6.29 Å². The smallest absolute Gasteiger partial charge is 0.136 e. The van der Waals surface area contributed by atoms with Gasteiger partial charge in [0.25, 0.3) is 0 Å². The molecule has 0 saturated carbocycles. The van der Waals surface area contributed by atoms with Gasteiger partial charge in [-0.2, -0.15) is 5.53 Å². The number of carbonyl (C=O) groups excluding carboxylic acids is 1. The maximum absolute atomic E-state index is 9.89. The van der Waals surface area contributed by atoms with Crippen LogP contribution in [-0.4, -0.2) is 18.9 Å². The van der Waals surface area contributed by atoms with E-state index in [0.29, 0.717) is 19.3 Å². The highest BCUT2D eigenvalue weighted by molar-refractivity contribution is 5.56. The molecular formula is C4H12N4O. The molecule has 0 bridgehead atoms. The predicted molar refractivity (Wildman–Crippen MR) is 34.0 cm³/mol. The van der Waals surface area contributed by atoms with Crippen LogP contribution in [0.1, 0.15) is 6.42 Å². The first kappa shape index (κ1) is 8.51. The van der Waals surface area contributed by atoms with Crippen LogP contribution in [-0.2, 0) is 4.79 Å². The van der Waals surface area contributed by atoms with E-state index in [1.54, 1.807) is 0 Å². The molecular weight excluding hydrogens is 120 g/mol. The molecule has 0 aromatic heterocycles. The van der Waals surface area contributed by atoms with E-state index in [0.717, 1.165) is 0 Å². The first-order valence-corrected chi connectivity index (χ1v) is 2.70. The maximum atomic E-state index is 9.89. The van der Waals surface area contributed by atoms with Crippen molar-refractivity contribution in [1.82, 2.24) is 11.0 Å². The van der Waals surface area contributed by atoms with E-state index in [-0.39, 0.29) is 6.04 Å². The van der Waals surface area contributed by atoms with E-state index in [9.17, 15) is 4.79 Å². The van der Waals surface area contributed by atoms with Crippen molar-refractivity contribution in [2.45, 2.75) is 12.5 Å². The van der Waals surface area contributed by atoms with Gasteiger partial charge in [0, 0.05) is 6.54 Å². The third-order valence-corrected chi connectivity index (χ3v) is 0.880. The molecule has 9 heavy (non-hydrogen) atoms. The van der Waals surface area contributed by atoms with Crippen LogP contribution in [0.4, 0.5) is 0 Å². The van der Waals surface area contributed by atoms with Crippen molar-refractivity contribution in [1.29, 1.82) is 0 Å². The van der Waals surface area contributed by atoms with Crippen LogP contribution in [0.15, 0.2) is 0 Å². The molecule has 0 saturated heterocycles. The fraction of sp³-hybridized carbons (Fsp3) is 0.750. The zero-order chi connectivity index (χ0) is 7.11. The molecule has 1 unspecified atom stereocenters. The molecule has 0 heterocycles. The van der Waals surface area contributed by atoms with Crippen LogP contribution in [0.25, 0.3) is 0 Å². The largest absolute Gasteiger partial charge is 0.322 e. The molecule has 54 valence electrons. The minimum atomic E-state index is -0.383. The molecule has 1 atom stereocenters. The van der Waals surface area contributed by atoms with Gasteiger partial charge >= 0.3 is 0 Å². The van der Waals surface area contributed by atoms with Crippen LogP contribution in [0.3, 0.4) is 0 Å². The summed E-state index contributed by atoms with van der Waals surface area (Å²) in [7, 11) is 0. The molecule has 0 aliphatic heterocycles. The molecule has 0 aliphatic rings. The lowest BCUT2D eigenvalue weighted by atomic mass is 10.2. The summed E-state index contributed by atoms with van der Waals surface area (Å²) in [5.41, 5.74) is 10.1. The third-order valence-electron chi connectivity index (χ3n) is 0.880. The topological polar surface area (TPSA) is 93.2 Å². The standard InChI is InChI=1S/C4H12N4O/c5-4(3-9)1-2-7-8-6/h3-4,7-8H,1-2,5-6H2. The van der Waals surface area contributed by atoms with Crippen molar-refractivity contribution in [2.24, 2.45) is 11.6 Å². The number of hydrazine groups is 2. The Balaban J connectivity index is 2.96. The van der Waals surface area contributed by atoms with Gasteiger partial charge in [-0.15, -0.1) is 0 Å².